The highest BCUT2D eigenvalue weighted by Gasteiger charge is 2.32. The molecule has 2 aromatic rings. The molecule has 1 saturated carbocycles. The van der Waals surface area contributed by atoms with Crippen molar-refractivity contribution in [2.75, 3.05) is 0 Å². The smallest absolute Gasteiger partial charge is 0.178 e. The van der Waals surface area contributed by atoms with Gasteiger partial charge in [0.1, 0.15) is 0 Å². The molecule has 3 atom stereocenters. The number of nitrogens with one attached hydrogen (secondary N) is 1. The monoisotopic (exact) mass is 260 g/mol. The molecule has 0 saturated heterocycles. The lowest BCUT2D eigenvalue weighted by molar-refractivity contribution is 0.356. The molecule has 0 bridgehead atoms. The Kier molecular flexibility index (Phi) is 2.81. The molecule has 3 heteroatoms. The number of aromatic nitrogens is 2. The molecule has 2 nitrogen and oxygen atoms in total. The van der Waals surface area contributed by atoms with Gasteiger partial charge >= 0.3 is 0 Å². The average Bonchev–Trinajstić information content (AvgIpc) is 2.80. The van der Waals surface area contributed by atoms with Crippen molar-refractivity contribution in [1.29, 1.82) is 0 Å². The maximum atomic E-state index is 5.53. The van der Waals surface area contributed by atoms with E-state index in [1.54, 1.807) is 0 Å². The van der Waals surface area contributed by atoms with E-state index in [1.165, 1.54) is 29.4 Å². The van der Waals surface area contributed by atoms with E-state index in [9.17, 15) is 0 Å². The summed E-state index contributed by atoms with van der Waals surface area (Å²) in [5, 5.41) is 0. The van der Waals surface area contributed by atoms with Gasteiger partial charge in [0.2, 0.25) is 0 Å². The second kappa shape index (κ2) is 4.23. The Labute approximate surface area is 113 Å². The van der Waals surface area contributed by atoms with Crippen molar-refractivity contribution in [2.45, 2.75) is 39.7 Å². The van der Waals surface area contributed by atoms with Gasteiger partial charge in [-0.3, -0.25) is 0 Å². The van der Waals surface area contributed by atoms with Crippen LogP contribution in [0.2, 0.25) is 0 Å². The Morgan fingerprint density at radius 1 is 1.28 bits per heavy atom. The highest BCUT2D eigenvalue weighted by molar-refractivity contribution is 7.71. The number of rotatable bonds is 1. The maximum Gasteiger partial charge on any atom is 0.178 e. The molecule has 0 amide bonds. The fraction of sp³-hybridized carbons (Fsp3) is 0.533. The van der Waals surface area contributed by atoms with Gasteiger partial charge in [0, 0.05) is 6.04 Å². The fourth-order valence-electron chi connectivity index (χ4n) is 3.28. The highest BCUT2D eigenvalue weighted by atomic mass is 32.1. The predicted molar refractivity (Wildman–Crippen MR) is 78.5 cm³/mol. The van der Waals surface area contributed by atoms with Gasteiger partial charge in [-0.2, -0.15) is 0 Å². The molecule has 0 aliphatic heterocycles. The van der Waals surface area contributed by atoms with Crippen molar-refractivity contribution in [3.63, 3.8) is 0 Å². The molecule has 1 aromatic heterocycles. The summed E-state index contributed by atoms with van der Waals surface area (Å²) in [6, 6.07) is 7.12. The van der Waals surface area contributed by atoms with Crippen LogP contribution in [0.25, 0.3) is 11.0 Å². The molecule has 0 spiro atoms. The summed E-state index contributed by atoms with van der Waals surface area (Å²) in [5.74, 6) is 1.50. The summed E-state index contributed by atoms with van der Waals surface area (Å²) >= 11 is 5.53. The first-order valence-electron chi connectivity index (χ1n) is 6.79. The number of benzene rings is 1. The van der Waals surface area contributed by atoms with Crippen LogP contribution in [-0.4, -0.2) is 9.55 Å². The molecule has 1 N–H and O–H groups in total. The van der Waals surface area contributed by atoms with Crippen LogP contribution >= 0.6 is 12.2 Å². The largest absolute Gasteiger partial charge is 0.331 e. The van der Waals surface area contributed by atoms with E-state index < -0.39 is 0 Å². The van der Waals surface area contributed by atoms with Gasteiger partial charge in [-0.25, -0.2) is 0 Å². The minimum Gasteiger partial charge on any atom is -0.331 e. The van der Waals surface area contributed by atoms with E-state index in [-0.39, 0.29) is 0 Å². The summed E-state index contributed by atoms with van der Waals surface area (Å²) in [6.45, 7) is 6.83. The quantitative estimate of drug-likeness (QED) is 0.742. The van der Waals surface area contributed by atoms with Gasteiger partial charge in [0.15, 0.2) is 4.77 Å². The van der Waals surface area contributed by atoms with E-state index in [0.29, 0.717) is 12.0 Å². The molecule has 1 aliphatic rings. The molecule has 18 heavy (non-hydrogen) atoms. The summed E-state index contributed by atoms with van der Waals surface area (Å²) in [5.41, 5.74) is 3.71. The number of imidazole rings is 1. The Morgan fingerprint density at radius 3 is 2.72 bits per heavy atom. The fourth-order valence-corrected chi connectivity index (χ4v) is 3.62. The van der Waals surface area contributed by atoms with Crippen molar-refractivity contribution in [1.82, 2.24) is 9.55 Å². The Balaban J connectivity index is 2.17. The number of aromatic amines is 1. The zero-order chi connectivity index (χ0) is 12.9. The van der Waals surface area contributed by atoms with E-state index >= 15 is 0 Å². The maximum absolute atomic E-state index is 5.53. The zero-order valence-corrected chi connectivity index (χ0v) is 12.1. The van der Waals surface area contributed by atoms with Crippen molar-refractivity contribution in [3.8, 4) is 0 Å². The molecule has 96 valence electrons. The number of hydrogen-bond acceptors (Lipinski definition) is 1. The molecular formula is C15H20N2S. The molecule has 0 radical (unpaired) electrons. The van der Waals surface area contributed by atoms with Gasteiger partial charge in [-0.05, 0) is 61.5 Å². The molecule has 3 unspecified atom stereocenters. The third-order valence-electron chi connectivity index (χ3n) is 4.63. The van der Waals surface area contributed by atoms with Crippen LogP contribution in [0.15, 0.2) is 18.2 Å². The normalized spacial score (nSPS) is 28.1. The first-order valence-corrected chi connectivity index (χ1v) is 7.19. The summed E-state index contributed by atoms with van der Waals surface area (Å²) in [7, 11) is 0. The first kappa shape index (κ1) is 12.0. The van der Waals surface area contributed by atoms with Gasteiger partial charge < -0.3 is 9.55 Å². The minimum absolute atomic E-state index is 0.559. The Bertz CT molecular complexity index is 637. The summed E-state index contributed by atoms with van der Waals surface area (Å²) in [6.07, 6.45) is 2.56. The average molecular weight is 260 g/mol. The third-order valence-corrected chi connectivity index (χ3v) is 4.92. The van der Waals surface area contributed by atoms with Gasteiger partial charge in [-0.15, -0.1) is 0 Å². The van der Waals surface area contributed by atoms with Crippen molar-refractivity contribution in [2.24, 2.45) is 11.8 Å². The van der Waals surface area contributed by atoms with Crippen LogP contribution in [0.5, 0.6) is 0 Å². The van der Waals surface area contributed by atoms with Crippen molar-refractivity contribution in [3.05, 3.63) is 28.5 Å². The second-order valence-electron chi connectivity index (χ2n) is 5.80. The molecule has 3 rings (SSSR count). The summed E-state index contributed by atoms with van der Waals surface area (Å²) < 4.78 is 3.22. The second-order valence-corrected chi connectivity index (χ2v) is 6.19. The van der Waals surface area contributed by atoms with Crippen LogP contribution in [0, 0.1) is 23.5 Å². The van der Waals surface area contributed by atoms with Gasteiger partial charge in [-0.1, -0.05) is 19.9 Å². The Morgan fingerprint density at radius 2 is 2.06 bits per heavy atom. The Hall–Kier alpha value is -1.09. The van der Waals surface area contributed by atoms with Gasteiger partial charge in [0.25, 0.3) is 0 Å². The standard InChI is InChI=1S/C15H20N2S/c1-9-4-6-14-12(8-9)16-15(18)17(14)13-7-5-10(2)11(13)3/h4,6,8,10-11,13H,5,7H2,1-3H3,(H,16,18). The predicted octanol–water partition coefficient (Wildman–Crippen LogP) is 4.61. The van der Waals surface area contributed by atoms with Crippen LogP contribution in [-0.2, 0) is 0 Å². The van der Waals surface area contributed by atoms with E-state index in [2.05, 4.69) is 48.5 Å². The van der Waals surface area contributed by atoms with Crippen LogP contribution < -0.4 is 0 Å². The van der Waals surface area contributed by atoms with Gasteiger partial charge in [0.05, 0.1) is 11.0 Å². The van der Waals surface area contributed by atoms with Crippen LogP contribution in [0.3, 0.4) is 0 Å². The first-order chi connectivity index (χ1) is 8.58. The van der Waals surface area contributed by atoms with Crippen molar-refractivity contribution < 1.29 is 0 Å². The number of H-pyrrole nitrogens is 1. The van der Waals surface area contributed by atoms with Crippen LogP contribution in [0.1, 0.15) is 38.3 Å². The summed E-state index contributed by atoms with van der Waals surface area (Å²) in [4.78, 5) is 3.36. The van der Waals surface area contributed by atoms with Crippen LogP contribution in [0.4, 0.5) is 0 Å². The minimum atomic E-state index is 0.559. The van der Waals surface area contributed by atoms with Crippen molar-refractivity contribution >= 4 is 23.3 Å². The third kappa shape index (κ3) is 1.72. The number of fused-ring (bicyclic) bond motifs is 1. The molecule has 1 aliphatic carbocycles. The topological polar surface area (TPSA) is 20.7 Å². The van der Waals surface area contributed by atoms with E-state index in [1.807, 2.05) is 0 Å². The van der Waals surface area contributed by atoms with E-state index in [0.717, 1.165) is 10.7 Å². The lowest BCUT2D eigenvalue weighted by Crippen LogP contribution is -2.14. The number of aryl methyl sites for hydroxylation is 1. The van der Waals surface area contributed by atoms with E-state index in [4.69, 9.17) is 12.2 Å². The molecule has 1 heterocycles. The number of hydrogen-bond donors (Lipinski definition) is 1. The number of nitrogens with zero attached hydrogens (tertiary/aromatic N) is 1. The lowest BCUT2D eigenvalue weighted by Gasteiger charge is -2.20. The highest BCUT2D eigenvalue weighted by Crippen LogP contribution is 2.41. The SMILES string of the molecule is Cc1ccc2c(c1)[nH]c(=S)n2C1CCC(C)C1C. The molecule has 1 fully saturated rings. The molecular weight excluding hydrogens is 240 g/mol. The lowest BCUT2D eigenvalue weighted by atomic mass is 9.97. The molecule has 1 aromatic carbocycles. The zero-order valence-electron chi connectivity index (χ0n) is 11.2.